The van der Waals surface area contributed by atoms with E-state index < -0.39 is 40.6 Å². The molecule has 1 atom stereocenters. The van der Waals surface area contributed by atoms with E-state index in [4.69, 9.17) is 14.2 Å². The number of halogens is 4. The van der Waals surface area contributed by atoms with Crippen LogP contribution in [0.25, 0.3) is 0 Å². The minimum Gasteiger partial charge on any atom is -0.493 e. The second kappa shape index (κ2) is 12.8. The van der Waals surface area contributed by atoms with Crippen molar-refractivity contribution in [3.8, 4) is 29.1 Å². The van der Waals surface area contributed by atoms with Crippen molar-refractivity contribution in [2.75, 3.05) is 13.2 Å². The first-order valence-electron chi connectivity index (χ1n) is 11.8. The highest BCUT2D eigenvalue weighted by atomic mass is 19.2. The highest BCUT2D eigenvalue weighted by molar-refractivity contribution is 5.91. The maximum absolute atomic E-state index is 14.3. The molecule has 194 valence electrons. The van der Waals surface area contributed by atoms with Gasteiger partial charge in [0.15, 0.2) is 17.4 Å². The van der Waals surface area contributed by atoms with Crippen molar-refractivity contribution in [3.05, 3.63) is 88.5 Å². The molecule has 0 spiro atoms. The highest BCUT2D eigenvalue weighted by Crippen LogP contribution is 2.30. The lowest BCUT2D eigenvalue weighted by Gasteiger charge is -2.11. The number of carbonyl (C=O) groups excluding carboxylic acids is 1. The lowest BCUT2D eigenvalue weighted by molar-refractivity contribution is 0.0734. The normalized spacial score (nSPS) is 11.3. The van der Waals surface area contributed by atoms with Crippen LogP contribution in [0, 0.1) is 41.0 Å². The molecule has 0 unspecified atom stereocenters. The molecule has 0 aliphatic carbocycles. The summed E-state index contributed by atoms with van der Waals surface area (Å²) in [7, 11) is 0. The quantitative estimate of drug-likeness (QED) is 0.101. The Morgan fingerprint density at radius 2 is 1.41 bits per heavy atom. The zero-order chi connectivity index (χ0) is 26.9. The van der Waals surface area contributed by atoms with E-state index in [-0.39, 0.29) is 17.7 Å². The molecule has 0 heterocycles. The highest BCUT2D eigenvalue weighted by Gasteiger charge is 2.25. The predicted molar refractivity (Wildman–Crippen MR) is 131 cm³/mol. The molecule has 0 radical (unpaired) electrons. The zero-order valence-electron chi connectivity index (χ0n) is 20.7. The van der Waals surface area contributed by atoms with E-state index in [2.05, 4.69) is 25.7 Å². The van der Waals surface area contributed by atoms with Gasteiger partial charge < -0.3 is 14.2 Å². The van der Waals surface area contributed by atoms with Crippen LogP contribution in [0.4, 0.5) is 17.6 Å². The van der Waals surface area contributed by atoms with Gasteiger partial charge >= 0.3 is 5.97 Å². The van der Waals surface area contributed by atoms with Crippen molar-refractivity contribution in [1.29, 1.82) is 0 Å². The molecule has 4 nitrogen and oxygen atoms in total. The third-order valence-corrected chi connectivity index (χ3v) is 5.39. The second-order valence-corrected chi connectivity index (χ2v) is 8.32. The Hall–Kier alpha value is -3.99. The fraction of sp³-hybridized carbons (Fsp3) is 0.276. The summed E-state index contributed by atoms with van der Waals surface area (Å²) in [6.45, 7) is 6.33. The number of esters is 1. The van der Waals surface area contributed by atoms with E-state index in [1.807, 2.05) is 0 Å². The zero-order valence-corrected chi connectivity index (χ0v) is 20.7. The van der Waals surface area contributed by atoms with Crippen LogP contribution in [0.2, 0.25) is 0 Å². The molecule has 0 aromatic heterocycles. The molecule has 37 heavy (non-hydrogen) atoms. The van der Waals surface area contributed by atoms with Gasteiger partial charge in [-0.2, -0.15) is 8.78 Å². The summed E-state index contributed by atoms with van der Waals surface area (Å²) in [4.78, 5) is 12.4. The summed E-state index contributed by atoms with van der Waals surface area (Å²) in [5, 5.41) is 0. The van der Waals surface area contributed by atoms with Crippen molar-refractivity contribution in [2.45, 2.75) is 33.6 Å². The first-order valence-corrected chi connectivity index (χ1v) is 11.8. The van der Waals surface area contributed by atoms with E-state index in [9.17, 15) is 22.4 Å². The van der Waals surface area contributed by atoms with Crippen molar-refractivity contribution in [3.63, 3.8) is 0 Å². The topological polar surface area (TPSA) is 44.8 Å². The van der Waals surface area contributed by atoms with Gasteiger partial charge in [0.2, 0.25) is 11.6 Å². The minimum absolute atomic E-state index is 0.107. The van der Waals surface area contributed by atoms with Crippen LogP contribution in [0.15, 0.2) is 48.5 Å². The van der Waals surface area contributed by atoms with Crippen LogP contribution in [0.3, 0.4) is 0 Å². The third kappa shape index (κ3) is 7.04. The molecule has 0 aliphatic rings. The summed E-state index contributed by atoms with van der Waals surface area (Å²) in [6, 6.07) is 12.3. The van der Waals surface area contributed by atoms with E-state index >= 15 is 0 Å². The summed E-state index contributed by atoms with van der Waals surface area (Å²) < 4.78 is 72.7. The molecule has 3 aromatic carbocycles. The maximum atomic E-state index is 14.3. The molecule has 0 saturated heterocycles. The van der Waals surface area contributed by atoms with Crippen LogP contribution < -0.4 is 14.2 Å². The first kappa shape index (κ1) is 27.6. The van der Waals surface area contributed by atoms with Crippen molar-refractivity contribution >= 4 is 5.97 Å². The summed E-state index contributed by atoms with van der Waals surface area (Å²) >= 11 is 0. The number of ether oxygens (including phenoxy) is 3. The van der Waals surface area contributed by atoms with E-state index in [0.29, 0.717) is 30.4 Å². The SMILES string of the molecule is CCCOc1c(F)c(F)c(C#Cc2ccc(C(=O)Oc3ccc(OC[C@@H](C)CC)cc3)cc2)c(F)c1F. The molecule has 0 bridgehead atoms. The van der Waals surface area contributed by atoms with Crippen LogP contribution >= 0.6 is 0 Å². The lowest BCUT2D eigenvalue weighted by atomic mass is 10.1. The van der Waals surface area contributed by atoms with Gasteiger partial charge in [0.25, 0.3) is 0 Å². The van der Waals surface area contributed by atoms with Crippen LogP contribution in [0.1, 0.15) is 55.1 Å². The Morgan fingerprint density at radius 1 is 0.811 bits per heavy atom. The second-order valence-electron chi connectivity index (χ2n) is 8.32. The van der Waals surface area contributed by atoms with E-state index in [0.717, 1.165) is 6.42 Å². The van der Waals surface area contributed by atoms with Gasteiger partial charge in [0.05, 0.1) is 18.8 Å². The number of carbonyl (C=O) groups is 1. The standard InChI is InChI=1S/C29H26F4O4/c1-4-16-35-28-26(32)24(30)23(25(31)27(28)33)15-8-19-6-9-20(10-7-19)29(34)37-22-13-11-21(12-14-22)36-17-18(3)5-2/h6-7,9-14,18H,4-5,16-17H2,1-3H3/t18-/m0/s1. The Labute approximate surface area is 213 Å². The Bertz CT molecular complexity index is 1260. The van der Waals surface area contributed by atoms with Crippen molar-refractivity contribution < 1.29 is 36.6 Å². The molecule has 0 N–H and O–H groups in total. The molecule has 0 amide bonds. The molecule has 0 fully saturated rings. The number of rotatable bonds is 9. The Kier molecular flexibility index (Phi) is 9.56. The smallest absolute Gasteiger partial charge is 0.343 e. The van der Waals surface area contributed by atoms with Crippen LogP contribution in [-0.2, 0) is 0 Å². The van der Waals surface area contributed by atoms with Gasteiger partial charge in [-0.05, 0) is 60.9 Å². The predicted octanol–water partition coefficient (Wildman–Crippen LogP) is 7.08. The number of benzene rings is 3. The maximum Gasteiger partial charge on any atom is 0.343 e. The summed E-state index contributed by atoms with van der Waals surface area (Å²) in [6.07, 6.45) is 1.40. The largest absolute Gasteiger partial charge is 0.493 e. The van der Waals surface area contributed by atoms with Gasteiger partial charge in [-0.1, -0.05) is 39.0 Å². The van der Waals surface area contributed by atoms with Gasteiger partial charge in [-0.15, -0.1) is 0 Å². The third-order valence-electron chi connectivity index (χ3n) is 5.39. The molecule has 3 aromatic rings. The van der Waals surface area contributed by atoms with Crippen molar-refractivity contribution in [2.24, 2.45) is 5.92 Å². The van der Waals surface area contributed by atoms with Gasteiger partial charge in [-0.3, -0.25) is 0 Å². The average molecular weight is 515 g/mol. The Balaban J connectivity index is 1.69. The first-order chi connectivity index (χ1) is 17.7. The van der Waals surface area contributed by atoms with Crippen molar-refractivity contribution in [1.82, 2.24) is 0 Å². The van der Waals surface area contributed by atoms with E-state index in [1.165, 1.54) is 24.3 Å². The van der Waals surface area contributed by atoms with Gasteiger partial charge in [0, 0.05) is 5.56 Å². The van der Waals surface area contributed by atoms with Gasteiger partial charge in [0.1, 0.15) is 17.1 Å². The minimum atomic E-state index is -1.65. The fourth-order valence-electron chi connectivity index (χ4n) is 3.00. The van der Waals surface area contributed by atoms with Crippen LogP contribution in [0.5, 0.6) is 17.2 Å². The van der Waals surface area contributed by atoms with Gasteiger partial charge in [-0.25, -0.2) is 13.6 Å². The summed E-state index contributed by atoms with van der Waals surface area (Å²) in [5.41, 5.74) is -0.598. The molecular weight excluding hydrogens is 488 g/mol. The molecule has 0 saturated carbocycles. The molecule has 3 rings (SSSR count). The molecule has 8 heteroatoms. The fourth-order valence-corrected chi connectivity index (χ4v) is 3.00. The van der Waals surface area contributed by atoms with Crippen LogP contribution in [-0.4, -0.2) is 19.2 Å². The summed E-state index contributed by atoms with van der Waals surface area (Å²) in [5.74, 6) is -2.36. The molecular formula is C29H26F4O4. The number of hydrogen-bond donors (Lipinski definition) is 0. The van der Waals surface area contributed by atoms with E-state index in [1.54, 1.807) is 31.2 Å². The monoisotopic (exact) mass is 514 g/mol. The lowest BCUT2D eigenvalue weighted by Crippen LogP contribution is -2.09. The molecule has 0 aliphatic heterocycles. The Morgan fingerprint density at radius 3 is 1.97 bits per heavy atom. The average Bonchev–Trinajstić information content (AvgIpc) is 2.91. The number of hydrogen-bond acceptors (Lipinski definition) is 4.